The third kappa shape index (κ3) is 3.69. The lowest BCUT2D eigenvalue weighted by molar-refractivity contribution is -0.138. The van der Waals surface area contributed by atoms with E-state index in [1.807, 2.05) is 30.5 Å². The van der Waals surface area contributed by atoms with Gasteiger partial charge in [-0.25, -0.2) is 9.78 Å². The molecule has 1 aliphatic rings. The van der Waals surface area contributed by atoms with E-state index < -0.39 is 12.0 Å². The molecular formula is C18H17BClN3O2S. The second-order valence-electron chi connectivity index (χ2n) is 5.68. The van der Waals surface area contributed by atoms with E-state index in [2.05, 4.69) is 10.3 Å². The summed E-state index contributed by atoms with van der Waals surface area (Å²) in [5, 5.41) is 6.25. The van der Waals surface area contributed by atoms with Crippen molar-refractivity contribution in [3.05, 3.63) is 62.2 Å². The van der Waals surface area contributed by atoms with Gasteiger partial charge in [0.15, 0.2) is 10.8 Å². The summed E-state index contributed by atoms with van der Waals surface area (Å²) in [6, 6.07) is 5.06. The van der Waals surface area contributed by atoms with Crippen LogP contribution in [0.3, 0.4) is 0 Å². The van der Waals surface area contributed by atoms with Gasteiger partial charge in [0.2, 0.25) is 0 Å². The molecule has 132 valence electrons. The minimum atomic E-state index is -0.610. The number of carbonyl (C=O) groups excluding carboxylic acids is 1. The molecule has 5 nitrogen and oxygen atoms in total. The zero-order valence-electron chi connectivity index (χ0n) is 14.5. The van der Waals surface area contributed by atoms with Crippen molar-refractivity contribution in [1.29, 1.82) is 0 Å². The number of nitrogens with zero attached hydrogens (tertiary/aromatic N) is 2. The molecule has 2 radical (unpaired) electrons. The molecule has 26 heavy (non-hydrogen) atoms. The lowest BCUT2D eigenvalue weighted by atomic mass is 9.89. The van der Waals surface area contributed by atoms with Crippen LogP contribution >= 0.6 is 22.9 Å². The summed E-state index contributed by atoms with van der Waals surface area (Å²) in [5.41, 5.74) is 2.69. The summed E-state index contributed by atoms with van der Waals surface area (Å²) >= 11 is 7.91. The lowest BCUT2D eigenvalue weighted by Crippen LogP contribution is -2.33. The van der Waals surface area contributed by atoms with Crippen LogP contribution in [-0.2, 0) is 9.53 Å². The molecule has 0 amide bonds. The van der Waals surface area contributed by atoms with E-state index in [1.54, 1.807) is 13.1 Å². The van der Waals surface area contributed by atoms with Gasteiger partial charge in [0.25, 0.3) is 0 Å². The van der Waals surface area contributed by atoms with Crippen molar-refractivity contribution in [2.45, 2.75) is 26.2 Å². The molecule has 1 aromatic carbocycles. The SMILES string of the molecule is [B]CC1=C(C(=O)OCC)[C@H](c2ccc(C)cc2Cl)N=C(c2nccs2)N1. The van der Waals surface area contributed by atoms with Crippen molar-refractivity contribution in [2.24, 2.45) is 4.99 Å². The van der Waals surface area contributed by atoms with Gasteiger partial charge in [-0.1, -0.05) is 23.7 Å². The number of halogens is 1. The number of ether oxygens (including phenoxy) is 1. The van der Waals surface area contributed by atoms with Gasteiger partial charge in [-0.3, -0.25) is 4.99 Å². The number of aromatic nitrogens is 1. The Morgan fingerprint density at radius 3 is 2.88 bits per heavy atom. The van der Waals surface area contributed by atoms with Gasteiger partial charge >= 0.3 is 5.97 Å². The van der Waals surface area contributed by atoms with E-state index in [4.69, 9.17) is 29.2 Å². The molecule has 1 aliphatic heterocycles. The highest BCUT2D eigenvalue weighted by atomic mass is 35.5. The molecule has 2 aromatic rings. The molecule has 1 N–H and O–H groups in total. The molecule has 0 unspecified atom stereocenters. The minimum Gasteiger partial charge on any atom is -0.463 e. The van der Waals surface area contributed by atoms with Crippen LogP contribution in [0.25, 0.3) is 0 Å². The standard InChI is InChI=1S/C18H17BClN3O2S/c1-3-25-18(24)14-13(9-19)22-16(17-21-6-7-26-17)23-15(14)11-5-4-10(2)8-12(11)20/h4-8,15H,3,9H2,1-2H3,(H,22,23)/t15-/m0/s1. The van der Waals surface area contributed by atoms with Crippen molar-refractivity contribution in [3.8, 4) is 0 Å². The largest absolute Gasteiger partial charge is 0.463 e. The Hall–Kier alpha value is -2.12. The fourth-order valence-corrected chi connectivity index (χ4v) is 3.66. The van der Waals surface area contributed by atoms with Gasteiger partial charge in [0.05, 0.1) is 20.0 Å². The summed E-state index contributed by atoms with van der Waals surface area (Å²) in [6.07, 6.45) is 1.84. The predicted octanol–water partition coefficient (Wildman–Crippen LogP) is 3.60. The minimum absolute atomic E-state index is 0.137. The predicted molar refractivity (Wildman–Crippen MR) is 105 cm³/mol. The zero-order valence-corrected chi connectivity index (χ0v) is 16.0. The van der Waals surface area contributed by atoms with Crippen LogP contribution in [0.15, 0.2) is 46.0 Å². The van der Waals surface area contributed by atoms with Crippen molar-refractivity contribution >= 4 is 42.6 Å². The van der Waals surface area contributed by atoms with Crippen LogP contribution in [0.4, 0.5) is 0 Å². The van der Waals surface area contributed by atoms with Gasteiger partial charge in [0, 0.05) is 27.9 Å². The highest BCUT2D eigenvalue weighted by Gasteiger charge is 2.33. The number of benzene rings is 1. The number of rotatable bonds is 5. The number of allylic oxidation sites excluding steroid dienone is 1. The second kappa shape index (κ2) is 8.06. The van der Waals surface area contributed by atoms with Crippen LogP contribution in [0.2, 0.25) is 11.3 Å². The van der Waals surface area contributed by atoms with Crippen LogP contribution < -0.4 is 5.32 Å². The molecule has 0 fully saturated rings. The Morgan fingerprint density at radius 1 is 1.46 bits per heavy atom. The first-order valence-corrected chi connectivity index (χ1v) is 9.41. The molecule has 0 saturated carbocycles. The summed E-state index contributed by atoms with van der Waals surface area (Å²) < 4.78 is 5.24. The molecule has 8 heteroatoms. The third-order valence-corrected chi connectivity index (χ3v) is 5.02. The number of amidine groups is 1. The maximum Gasteiger partial charge on any atom is 0.338 e. The fourth-order valence-electron chi connectivity index (χ4n) is 2.73. The van der Waals surface area contributed by atoms with E-state index in [-0.39, 0.29) is 12.9 Å². The number of hydrogen-bond donors (Lipinski definition) is 1. The Morgan fingerprint density at radius 2 is 2.27 bits per heavy atom. The first-order valence-electron chi connectivity index (χ1n) is 8.16. The molecular weight excluding hydrogens is 369 g/mol. The zero-order chi connectivity index (χ0) is 18.7. The fraction of sp³-hybridized carbons (Fsp3) is 0.278. The molecule has 3 rings (SSSR count). The number of thiazole rings is 1. The molecule has 1 atom stereocenters. The summed E-state index contributed by atoms with van der Waals surface area (Å²) in [7, 11) is 5.91. The Labute approximate surface area is 162 Å². The van der Waals surface area contributed by atoms with Crippen LogP contribution in [0.5, 0.6) is 0 Å². The van der Waals surface area contributed by atoms with E-state index in [9.17, 15) is 4.79 Å². The van der Waals surface area contributed by atoms with E-state index in [0.29, 0.717) is 27.1 Å². The molecule has 0 saturated heterocycles. The van der Waals surface area contributed by atoms with Crippen molar-refractivity contribution < 1.29 is 9.53 Å². The molecule has 2 heterocycles. The Bertz CT molecular complexity index is 881. The maximum absolute atomic E-state index is 12.6. The van der Waals surface area contributed by atoms with E-state index in [1.165, 1.54) is 11.3 Å². The van der Waals surface area contributed by atoms with E-state index >= 15 is 0 Å². The number of aliphatic imine (C=N–C) groups is 1. The van der Waals surface area contributed by atoms with E-state index in [0.717, 1.165) is 11.1 Å². The van der Waals surface area contributed by atoms with Crippen molar-refractivity contribution in [2.75, 3.05) is 6.61 Å². The average molecular weight is 386 g/mol. The maximum atomic E-state index is 12.6. The highest BCUT2D eigenvalue weighted by Crippen LogP contribution is 2.37. The number of carbonyl (C=O) groups is 1. The molecule has 0 spiro atoms. The van der Waals surface area contributed by atoms with Crippen LogP contribution in [-0.4, -0.2) is 31.2 Å². The molecule has 1 aromatic heterocycles. The summed E-state index contributed by atoms with van der Waals surface area (Å²) in [6.45, 7) is 3.97. The first-order chi connectivity index (χ1) is 12.5. The second-order valence-corrected chi connectivity index (χ2v) is 6.99. The normalized spacial score (nSPS) is 16.9. The third-order valence-electron chi connectivity index (χ3n) is 3.91. The smallest absolute Gasteiger partial charge is 0.338 e. The number of aryl methyl sites for hydroxylation is 1. The first kappa shape index (κ1) is 18.7. The van der Waals surface area contributed by atoms with Gasteiger partial charge < -0.3 is 10.1 Å². The quantitative estimate of drug-likeness (QED) is 0.631. The summed E-state index contributed by atoms with van der Waals surface area (Å²) in [5.74, 6) is 0.110. The lowest BCUT2D eigenvalue weighted by Gasteiger charge is -2.27. The average Bonchev–Trinajstić information content (AvgIpc) is 3.15. The monoisotopic (exact) mass is 385 g/mol. The number of hydrogen-bond acceptors (Lipinski definition) is 6. The summed E-state index contributed by atoms with van der Waals surface area (Å²) in [4.78, 5) is 21.6. The molecule has 0 bridgehead atoms. The number of esters is 1. The van der Waals surface area contributed by atoms with Crippen LogP contribution in [0.1, 0.15) is 29.1 Å². The van der Waals surface area contributed by atoms with Crippen molar-refractivity contribution in [1.82, 2.24) is 10.3 Å². The Balaban J connectivity index is 2.15. The van der Waals surface area contributed by atoms with Gasteiger partial charge in [0.1, 0.15) is 6.04 Å². The van der Waals surface area contributed by atoms with Gasteiger partial charge in [-0.15, -0.1) is 11.3 Å². The van der Waals surface area contributed by atoms with Crippen molar-refractivity contribution in [3.63, 3.8) is 0 Å². The molecule has 0 aliphatic carbocycles. The Kier molecular flexibility index (Phi) is 5.78. The highest BCUT2D eigenvalue weighted by molar-refractivity contribution is 7.11. The van der Waals surface area contributed by atoms with Gasteiger partial charge in [-0.2, -0.15) is 0 Å². The topological polar surface area (TPSA) is 63.6 Å². The van der Waals surface area contributed by atoms with Crippen LogP contribution in [0, 0.1) is 6.92 Å². The number of nitrogens with one attached hydrogen (secondary N) is 1. The van der Waals surface area contributed by atoms with Gasteiger partial charge in [-0.05, 0) is 31.8 Å².